The predicted octanol–water partition coefficient (Wildman–Crippen LogP) is 2.94. The Kier molecular flexibility index (Phi) is 5.13. The molecule has 0 aliphatic rings. The van der Waals surface area contributed by atoms with Crippen molar-refractivity contribution in [2.45, 2.75) is 13.0 Å². The van der Waals surface area contributed by atoms with Gasteiger partial charge in [0.2, 0.25) is 0 Å². The van der Waals surface area contributed by atoms with Crippen LogP contribution in [0.3, 0.4) is 0 Å². The fourth-order valence-electron chi connectivity index (χ4n) is 1.73. The van der Waals surface area contributed by atoms with E-state index in [2.05, 4.69) is 27.3 Å². The highest BCUT2D eigenvalue weighted by Crippen LogP contribution is 2.19. The van der Waals surface area contributed by atoms with E-state index in [0.29, 0.717) is 18.7 Å². The second-order valence-electron chi connectivity index (χ2n) is 4.14. The van der Waals surface area contributed by atoms with E-state index in [1.807, 2.05) is 23.6 Å². The van der Waals surface area contributed by atoms with E-state index in [0.717, 1.165) is 16.5 Å². The predicted molar refractivity (Wildman–Crippen MR) is 82.4 cm³/mol. The van der Waals surface area contributed by atoms with Crippen molar-refractivity contribution in [2.75, 3.05) is 6.54 Å². The first-order chi connectivity index (χ1) is 9.19. The molecule has 5 heteroatoms. The number of benzene rings is 1. The molecule has 0 radical (unpaired) electrons. The Labute approximate surface area is 125 Å². The lowest BCUT2D eigenvalue weighted by Crippen LogP contribution is -2.25. The van der Waals surface area contributed by atoms with E-state index < -0.39 is 0 Å². The maximum atomic E-state index is 12.0. The van der Waals surface area contributed by atoms with Crippen molar-refractivity contribution < 1.29 is 4.79 Å². The Hall–Kier alpha value is -1.17. The number of halogens is 1. The highest BCUT2D eigenvalue weighted by molar-refractivity contribution is 9.10. The van der Waals surface area contributed by atoms with E-state index in [-0.39, 0.29) is 5.91 Å². The lowest BCUT2D eigenvalue weighted by molar-refractivity contribution is 0.0954. The van der Waals surface area contributed by atoms with Crippen LogP contribution in [0.1, 0.15) is 20.8 Å². The van der Waals surface area contributed by atoms with Gasteiger partial charge in [-0.05, 0) is 46.1 Å². The first-order valence-corrected chi connectivity index (χ1v) is 7.66. The van der Waals surface area contributed by atoms with Gasteiger partial charge in [-0.25, -0.2) is 0 Å². The summed E-state index contributed by atoms with van der Waals surface area (Å²) in [5.74, 6) is -0.0501. The fraction of sp³-hybridized carbons (Fsp3) is 0.214. The van der Waals surface area contributed by atoms with Crippen LogP contribution in [0.15, 0.2) is 40.2 Å². The van der Waals surface area contributed by atoms with Crippen LogP contribution in [0, 0.1) is 0 Å². The molecule has 0 saturated heterocycles. The number of nitrogens with two attached hydrogens (primary N) is 1. The zero-order chi connectivity index (χ0) is 13.7. The summed E-state index contributed by atoms with van der Waals surface area (Å²) < 4.78 is 1.09. The summed E-state index contributed by atoms with van der Waals surface area (Å²) in [7, 11) is 0. The Morgan fingerprint density at radius 3 is 2.89 bits per heavy atom. The number of carbonyl (C=O) groups is 1. The maximum absolute atomic E-state index is 12.0. The number of hydrogen-bond acceptors (Lipinski definition) is 3. The minimum atomic E-state index is -0.0501. The average Bonchev–Trinajstić information content (AvgIpc) is 2.84. The standard InChI is InChI=1S/C14H15BrN2OS/c15-12-7-13(19-9-12)4-5-17-14(18)11-3-1-2-10(6-11)8-16/h1-3,6-7,9H,4-5,8,16H2,(H,17,18). The molecule has 2 rings (SSSR count). The highest BCUT2D eigenvalue weighted by Gasteiger charge is 2.05. The normalized spacial score (nSPS) is 10.4. The van der Waals surface area contributed by atoms with Gasteiger partial charge in [0.25, 0.3) is 5.91 Å². The topological polar surface area (TPSA) is 55.1 Å². The van der Waals surface area contributed by atoms with Gasteiger partial charge in [-0.3, -0.25) is 4.79 Å². The van der Waals surface area contributed by atoms with Gasteiger partial charge in [-0.15, -0.1) is 11.3 Å². The first kappa shape index (κ1) is 14.2. The lowest BCUT2D eigenvalue weighted by atomic mass is 10.1. The van der Waals surface area contributed by atoms with Crippen molar-refractivity contribution in [1.29, 1.82) is 0 Å². The zero-order valence-electron chi connectivity index (χ0n) is 10.4. The zero-order valence-corrected chi connectivity index (χ0v) is 12.8. The van der Waals surface area contributed by atoms with Crippen molar-refractivity contribution in [1.82, 2.24) is 5.32 Å². The summed E-state index contributed by atoms with van der Waals surface area (Å²) in [5.41, 5.74) is 7.19. The molecule has 2 aromatic rings. The fourth-order valence-corrected chi connectivity index (χ4v) is 3.18. The van der Waals surface area contributed by atoms with Gasteiger partial charge in [-0.1, -0.05) is 12.1 Å². The summed E-state index contributed by atoms with van der Waals surface area (Å²) in [6.45, 7) is 1.09. The van der Waals surface area contributed by atoms with Crippen LogP contribution in [-0.4, -0.2) is 12.5 Å². The number of hydrogen-bond donors (Lipinski definition) is 2. The average molecular weight is 339 g/mol. The smallest absolute Gasteiger partial charge is 0.251 e. The van der Waals surface area contributed by atoms with Crippen molar-refractivity contribution in [2.24, 2.45) is 5.73 Å². The summed E-state index contributed by atoms with van der Waals surface area (Å²) in [5, 5.41) is 4.96. The van der Waals surface area contributed by atoms with E-state index >= 15 is 0 Å². The molecule has 0 unspecified atom stereocenters. The van der Waals surface area contributed by atoms with Gasteiger partial charge < -0.3 is 11.1 Å². The molecule has 0 saturated carbocycles. The van der Waals surface area contributed by atoms with Gasteiger partial charge in [-0.2, -0.15) is 0 Å². The molecule has 0 atom stereocenters. The summed E-state index contributed by atoms with van der Waals surface area (Å²) >= 11 is 5.11. The maximum Gasteiger partial charge on any atom is 0.251 e. The van der Waals surface area contributed by atoms with Gasteiger partial charge in [0, 0.05) is 33.4 Å². The Morgan fingerprint density at radius 1 is 1.37 bits per heavy atom. The van der Waals surface area contributed by atoms with E-state index in [1.54, 1.807) is 17.4 Å². The third kappa shape index (κ3) is 4.16. The van der Waals surface area contributed by atoms with Crippen molar-refractivity contribution in [3.05, 3.63) is 56.2 Å². The van der Waals surface area contributed by atoms with Crippen LogP contribution >= 0.6 is 27.3 Å². The van der Waals surface area contributed by atoms with Crippen LogP contribution in [0.5, 0.6) is 0 Å². The summed E-state index contributed by atoms with van der Waals surface area (Å²) in [4.78, 5) is 13.2. The molecule has 3 nitrogen and oxygen atoms in total. The minimum absolute atomic E-state index is 0.0501. The minimum Gasteiger partial charge on any atom is -0.352 e. The van der Waals surface area contributed by atoms with Crippen LogP contribution in [0.2, 0.25) is 0 Å². The third-order valence-corrected chi connectivity index (χ3v) is 4.46. The van der Waals surface area contributed by atoms with Gasteiger partial charge in [0.1, 0.15) is 0 Å². The largest absolute Gasteiger partial charge is 0.352 e. The summed E-state index contributed by atoms with van der Waals surface area (Å²) in [6.07, 6.45) is 0.846. The Balaban J connectivity index is 1.87. The van der Waals surface area contributed by atoms with Crippen molar-refractivity contribution in [3.63, 3.8) is 0 Å². The molecule has 1 aromatic heterocycles. The SMILES string of the molecule is NCc1cccc(C(=O)NCCc2cc(Br)cs2)c1. The molecule has 0 aliphatic carbocycles. The van der Waals surface area contributed by atoms with Gasteiger partial charge >= 0.3 is 0 Å². The molecular weight excluding hydrogens is 324 g/mol. The van der Waals surface area contributed by atoms with Gasteiger partial charge in [0.15, 0.2) is 0 Å². The Morgan fingerprint density at radius 2 is 2.21 bits per heavy atom. The molecule has 0 bridgehead atoms. The Bertz CT molecular complexity index is 568. The molecular formula is C14H15BrN2OS. The van der Waals surface area contributed by atoms with E-state index in [4.69, 9.17) is 5.73 Å². The van der Waals surface area contributed by atoms with E-state index in [1.165, 1.54) is 4.88 Å². The molecule has 1 aromatic carbocycles. The highest BCUT2D eigenvalue weighted by atomic mass is 79.9. The monoisotopic (exact) mass is 338 g/mol. The molecule has 0 fully saturated rings. The molecule has 0 aliphatic heterocycles. The molecule has 1 amide bonds. The molecule has 1 heterocycles. The molecule has 3 N–H and O–H groups in total. The van der Waals surface area contributed by atoms with Crippen LogP contribution in [0.4, 0.5) is 0 Å². The van der Waals surface area contributed by atoms with Crippen molar-refractivity contribution >= 4 is 33.2 Å². The van der Waals surface area contributed by atoms with Crippen LogP contribution in [0.25, 0.3) is 0 Å². The first-order valence-electron chi connectivity index (χ1n) is 5.99. The second kappa shape index (κ2) is 6.84. The summed E-state index contributed by atoms with van der Waals surface area (Å²) in [6, 6.07) is 9.48. The number of nitrogens with one attached hydrogen (secondary N) is 1. The number of carbonyl (C=O) groups excluding carboxylic acids is 1. The molecule has 100 valence electrons. The number of thiophene rings is 1. The lowest BCUT2D eigenvalue weighted by Gasteiger charge is -2.05. The van der Waals surface area contributed by atoms with Crippen LogP contribution < -0.4 is 11.1 Å². The third-order valence-electron chi connectivity index (χ3n) is 2.70. The second-order valence-corrected chi connectivity index (χ2v) is 6.05. The van der Waals surface area contributed by atoms with Crippen LogP contribution in [-0.2, 0) is 13.0 Å². The molecule has 19 heavy (non-hydrogen) atoms. The van der Waals surface area contributed by atoms with Gasteiger partial charge in [0.05, 0.1) is 0 Å². The number of rotatable bonds is 5. The van der Waals surface area contributed by atoms with E-state index in [9.17, 15) is 4.79 Å². The number of amides is 1. The molecule has 0 spiro atoms. The quantitative estimate of drug-likeness (QED) is 0.880. The van der Waals surface area contributed by atoms with Crippen molar-refractivity contribution in [3.8, 4) is 0 Å².